The van der Waals surface area contributed by atoms with Gasteiger partial charge in [-0.25, -0.2) is 0 Å². The smallest absolute Gasteiger partial charge is 0.277 e. The van der Waals surface area contributed by atoms with Crippen molar-refractivity contribution in [1.82, 2.24) is 9.80 Å². The number of carbonyl (C=O) groups excluding carboxylic acids is 2. The van der Waals surface area contributed by atoms with E-state index in [0.29, 0.717) is 30.9 Å². The van der Waals surface area contributed by atoms with Crippen LogP contribution in [0.1, 0.15) is 44.4 Å². The molecule has 5 nitrogen and oxygen atoms in total. The Morgan fingerprint density at radius 3 is 2.26 bits per heavy atom. The van der Waals surface area contributed by atoms with Crippen molar-refractivity contribution in [2.75, 3.05) is 19.6 Å². The molecule has 2 unspecified atom stereocenters. The van der Waals surface area contributed by atoms with E-state index in [1.807, 2.05) is 58.6 Å². The molecule has 0 radical (unpaired) electrons. The van der Waals surface area contributed by atoms with E-state index in [-0.39, 0.29) is 29.9 Å². The second-order valence-electron chi connectivity index (χ2n) is 8.32. The van der Waals surface area contributed by atoms with Crippen LogP contribution in [0.5, 0.6) is 0 Å². The van der Waals surface area contributed by atoms with E-state index in [0.717, 1.165) is 16.7 Å². The van der Waals surface area contributed by atoms with E-state index in [4.69, 9.17) is 4.74 Å². The van der Waals surface area contributed by atoms with Gasteiger partial charge in [-0.05, 0) is 44.7 Å². The summed E-state index contributed by atoms with van der Waals surface area (Å²) in [4.78, 5) is 30.1. The molecule has 0 saturated carbocycles. The normalized spacial score (nSPS) is 23.8. The van der Waals surface area contributed by atoms with Gasteiger partial charge in [0.2, 0.25) is 0 Å². The first-order valence-corrected chi connectivity index (χ1v) is 9.77. The Kier molecular flexibility index (Phi) is 5.43. The van der Waals surface area contributed by atoms with Gasteiger partial charge in [-0.1, -0.05) is 37.6 Å². The lowest BCUT2D eigenvalue weighted by Crippen LogP contribution is -2.47. The van der Waals surface area contributed by atoms with E-state index in [2.05, 4.69) is 6.07 Å². The Balaban J connectivity index is 2.12. The van der Waals surface area contributed by atoms with Crippen LogP contribution in [0.3, 0.4) is 0 Å². The fourth-order valence-corrected chi connectivity index (χ4v) is 4.08. The second-order valence-corrected chi connectivity index (χ2v) is 8.32. The summed E-state index contributed by atoms with van der Waals surface area (Å²) in [6.45, 7) is 13.8. The highest BCUT2D eigenvalue weighted by atomic mass is 16.5. The summed E-state index contributed by atoms with van der Waals surface area (Å²) in [6.07, 6.45) is 0.0346. The minimum Gasteiger partial charge on any atom is -0.372 e. The van der Waals surface area contributed by atoms with Crippen molar-refractivity contribution in [3.05, 3.63) is 40.6 Å². The van der Waals surface area contributed by atoms with Crippen molar-refractivity contribution in [3.63, 3.8) is 0 Å². The van der Waals surface area contributed by atoms with E-state index in [9.17, 15) is 9.59 Å². The van der Waals surface area contributed by atoms with Gasteiger partial charge in [-0.3, -0.25) is 14.5 Å². The zero-order chi connectivity index (χ0) is 19.9. The molecule has 2 heterocycles. The van der Waals surface area contributed by atoms with E-state index in [1.165, 1.54) is 4.90 Å². The van der Waals surface area contributed by atoms with Crippen LogP contribution >= 0.6 is 0 Å². The summed E-state index contributed by atoms with van der Waals surface area (Å²) in [5, 5.41) is 0. The molecule has 2 aliphatic rings. The maximum absolute atomic E-state index is 13.3. The lowest BCUT2D eigenvalue weighted by Gasteiger charge is -2.37. The highest BCUT2D eigenvalue weighted by molar-refractivity contribution is 6.35. The van der Waals surface area contributed by atoms with Crippen molar-refractivity contribution >= 4 is 17.4 Å². The van der Waals surface area contributed by atoms with Crippen molar-refractivity contribution < 1.29 is 14.3 Å². The molecule has 27 heavy (non-hydrogen) atoms. The van der Waals surface area contributed by atoms with Crippen molar-refractivity contribution in [2.24, 2.45) is 5.92 Å². The lowest BCUT2D eigenvalue weighted by molar-refractivity contribution is -0.138. The number of aryl methyl sites for hydroxylation is 2. The van der Waals surface area contributed by atoms with E-state index in [1.54, 1.807) is 0 Å². The third-order valence-electron chi connectivity index (χ3n) is 5.08. The van der Waals surface area contributed by atoms with Gasteiger partial charge in [-0.2, -0.15) is 0 Å². The molecule has 1 aromatic carbocycles. The van der Waals surface area contributed by atoms with E-state index < -0.39 is 0 Å². The molecule has 0 bridgehead atoms. The predicted octanol–water partition coefficient (Wildman–Crippen LogP) is 3.15. The topological polar surface area (TPSA) is 49.9 Å². The van der Waals surface area contributed by atoms with Gasteiger partial charge in [0.05, 0.1) is 17.8 Å². The van der Waals surface area contributed by atoms with Crippen molar-refractivity contribution in [3.8, 4) is 0 Å². The number of ether oxygens (including phenoxy) is 1. The number of morpholine rings is 1. The standard InChI is InChI=1S/C22H30N2O3/c1-13(2)10-24-21(25)19(18-8-7-14(3)9-15(18)4)20(22(24)26)23-11-16(5)27-17(6)12-23/h7-9,13,16-17H,10-12H2,1-6H3. The first kappa shape index (κ1) is 19.6. The molecular weight excluding hydrogens is 340 g/mol. The average Bonchev–Trinajstić information content (AvgIpc) is 2.78. The number of benzene rings is 1. The molecule has 3 rings (SSSR count). The Hall–Kier alpha value is -2.14. The summed E-state index contributed by atoms with van der Waals surface area (Å²) in [5.74, 6) is -0.132. The van der Waals surface area contributed by atoms with Crippen LogP contribution in [-0.2, 0) is 14.3 Å². The molecule has 5 heteroatoms. The number of hydrogen-bond acceptors (Lipinski definition) is 4. The van der Waals surface area contributed by atoms with Gasteiger partial charge in [0.15, 0.2) is 0 Å². The Morgan fingerprint density at radius 1 is 1.07 bits per heavy atom. The van der Waals surface area contributed by atoms with Crippen LogP contribution in [0.25, 0.3) is 5.57 Å². The van der Waals surface area contributed by atoms with Gasteiger partial charge in [0.1, 0.15) is 5.70 Å². The summed E-state index contributed by atoms with van der Waals surface area (Å²) in [6, 6.07) is 6.03. The minimum atomic E-state index is -0.178. The highest BCUT2D eigenvalue weighted by Gasteiger charge is 2.43. The zero-order valence-electron chi connectivity index (χ0n) is 17.2. The monoisotopic (exact) mass is 370 g/mol. The predicted molar refractivity (Wildman–Crippen MR) is 106 cm³/mol. The van der Waals surface area contributed by atoms with Crippen molar-refractivity contribution in [2.45, 2.75) is 53.8 Å². The molecule has 1 fully saturated rings. The van der Waals surface area contributed by atoms with Crippen LogP contribution in [0.2, 0.25) is 0 Å². The Morgan fingerprint density at radius 2 is 1.70 bits per heavy atom. The van der Waals surface area contributed by atoms with Gasteiger partial charge < -0.3 is 9.64 Å². The van der Waals surface area contributed by atoms with Crippen LogP contribution < -0.4 is 0 Å². The summed E-state index contributed by atoms with van der Waals surface area (Å²) >= 11 is 0. The van der Waals surface area contributed by atoms with Crippen molar-refractivity contribution in [1.29, 1.82) is 0 Å². The third-order valence-corrected chi connectivity index (χ3v) is 5.08. The van der Waals surface area contributed by atoms with Gasteiger partial charge in [0.25, 0.3) is 11.8 Å². The molecule has 0 aliphatic carbocycles. The number of imide groups is 1. The average molecular weight is 370 g/mol. The largest absolute Gasteiger partial charge is 0.372 e. The number of hydrogen-bond donors (Lipinski definition) is 0. The van der Waals surface area contributed by atoms with Crippen LogP contribution in [0.15, 0.2) is 23.9 Å². The highest BCUT2D eigenvalue weighted by Crippen LogP contribution is 2.35. The maximum Gasteiger partial charge on any atom is 0.277 e. The minimum absolute atomic E-state index is 0.0173. The lowest BCUT2D eigenvalue weighted by atomic mass is 9.97. The van der Waals surface area contributed by atoms with Crippen LogP contribution in [0.4, 0.5) is 0 Å². The molecule has 0 spiro atoms. The third kappa shape index (κ3) is 3.79. The maximum atomic E-state index is 13.3. The molecular formula is C22H30N2O3. The SMILES string of the molecule is Cc1ccc(C2=C(N3CC(C)OC(C)C3)C(=O)N(CC(C)C)C2=O)c(C)c1. The zero-order valence-corrected chi connectivity index (χ0v) is 17.2. The van der Waals surface area contributed by atoms with Crippen LogP contribution in [-0.4, -0.2) is 53.5 Å². The van der Waals surface area contributed by atoms with Gasteiger partial charge >= 0.3 is 0 Å². The van der Waals surface area contributed by atoms with Gasteiger partial charge in [-0.15, -0.1) is 0 Å². The second kappa shape index (κ2) is 7.47. The first-order chi connectivity index (χ1) is 12.7. The number of rotatable bonds is 4. The molecule has 2 amide bonds. The van der Waals surface area contributed by atoms with Crippen LogP contribution in [0, 0.1) is 19.8 Å². The summed E-state index contributed by atoms with van der Waals surface area (Å²) in [7, 11) is 0. The summed E-state index contributed by atoms with van der Waals surface area (Å²) < 4.78 is 5.84. The van der Waals surface area contributed by atoms with E-state index >= 15 is 0 Å². The molecule has 2 aliphatic heterocycles. The molecule has 2 atom stereocenters. The Bertz CT molecular complexity index is 787. The quantitative estimate of drug-likeness (QED) is 0.764. The number of amides is 2. The molecule has 1 saturated heterocycles. The molecule has 146 valence electrons. The molecule has 1 aromatic rings. The fourth-order valence-electron chi connectivity index (χ4n) is 4.08. The first-order valence-electron chi connectivity index (χ1n) is 9.77. The number of nitrogens with zero attached hydrogens (tertiary/aromatic N) is 2. The molecule has 0 aromatic heterocycles. The fraction of sp³-hybridized carbons (Fsp3) is 0.545. The molecule has 0 N–H and O–H groups in total. The van der Waals surface area contributed by atoms with Gasteiger partial charge in [0, 0.05) is 19.6 Å². The number of carbonyl (C=O) groups is 2. The summed E-state index contributed by atoms with van der Waals surface area (Å²) in [5.41, 5.74) is 4.09. The Labute approximate surface area is 162 Å².